The predicted octanol–water partition coefficient (Wildman–Crippen LogP) is 3.49. The van der Waals surface area contributed by atoms with E-state index in [0.29, 0.717) is 12.1 Å². The van der Waals surface area contributed by atoms with Crippen molar-refractivity contribution in [3.8, 4) is 6.07 Å². The van der Waals surface area contributed by atoms with Gasteiger partial charge in [-0.15, -0.1) is 0 Å². The largest absolute Gasteiger partial charge is 0.387 e. The maximum atomic E-state index is 10.2. The van der Waals surface area contributed by atoms with Crippen LogP contribution in [0, 0.1) is 11.3 Å². The SMILES string of the molecule is CN(Cc1ccc(Br)cc1)CC(O)c1ccc(C#N)cc1. The highest BCUT2D eigenvalue weighted by molar-refractivity contribution is 9.10. The summed E-state index contributed by atoms with van der Waals surface area (Å²) in [7, 11) is 1.98. The molecule has 3 nitrogen and oxygen atoms in total. The van der Waals surface area contributed by atoms with Crippen LogP contribution in [0.3, 0.4) is 0 Å². The highest BCUT2D eigenvalue weighted by atomic mass is 79.9. The second-order valence-electron chi connectivity index (χ2n) is 5.07. The van der Waals surface area contributed by atoms with Crippen LogP contribution in [0.5, 0.6) is 0 Å². The molecule has 21 heavy (non-hydrogen) atoms. The van der Waals surface area contributed by atoms with Gasteiger partial charge in [0.15, 0.2) is 0 Å². The van der Waals surface area contributed by atoms with Crippen molar-refractivity contribution in [2.75, 3.05) is 13.6 Å². The lowest BCUT2D eigenvalue weighted by molar-refractivity contribution is 0.124. The summed E-state index contributed by atoms with van der Waals surface area (Å²) >= 11 is 3.42. The average Bonchev–Trinajstić information content (AvgIpc) is 2.49. The summed E-state index contributed by atoms with van der Waals surface area (Å²) in [5.74, 6) is 0. The molecule has 0 radical (unpaired) electrons. The minimum absolute atomic E-state index is 0.544. The second-order valence-corrected chi connectivity index (χ2v) is 5.99. The molecule has 1 N–H and O–H groups in total. The Morgan fingerprint density at radius 3 is 2.33 bits per heavy atom. The fraction of sp³-hybridized carbons (Fsp3) is 0.235. The van der Waals surface area contributed by atoms with Gasteiger partial charge >= 0.3 is 0 Å². The lowest BCUT2D eigenvalue weighted by Crippen LogP contribution is -2.24. The Balaban J connectivity index is 1.93. The number of nitriles is 1. The van der Waals surface area contributed by atoms with E-state index < -0.39 is 6.10 Å². The van der Waals surface area contributed by atoms with E-state index in [1.54, 1.807) is 24.3 Å². The molecule has 0 saturated carbocycles. The van der Waals surface area contributed by atoms with Gasteiger partial charge in [-0.05, 0) is 42.4 Å². The third-order valence-electron chi connectivity index (χ3n) is 3.27. The van der Waals surface area contributed by atoms with Crippen molar-refractivity contribution >= 4 is 15.9 Å². The zero-order chi connectivity index (χ0) is 15.2. The summed E-state index contributed by atoms with van der Waals surface area (Å²) in [4.78, 5) is 2.08. The van der Waals surface area contributed by atoms with E-state index >= 15 is 0 Å². The van der Waals surface area contributed by atoms with Gasteiger partial charge in [-0.25, -0.2) is 0 Å². The molecular formula is C17H17BrN2O. The fourth-order valence-corrected chi connectivity index (χ4v) is 2.41. The number of nitrogens with zero attached hydrogens (tertiary/aromatic N) is 2. The van der Waals surface area contributed by atoms with E-state index in [1.807, 2.05) is 19.2 Å². The summed E-state index contributed by atoms with van der Waals surface area (Å²) in [5, 5.41) is 19.0. The molecule has 0 amide bonds. The number of benzene rings is 2. The van der Waals surface area contributed by atoms with E-state index in [4.69, 9.17) is 5.26 Å². The number of aliphatic hydroxyl groups excluding tert-OH is 1. The predicted molar refractivity (Wildman–Crippen MR) is 86.6 cm³/mol. The Morgan fingerprint density at radius 2 is 1.76 bits per heavy atom. The molecule has 1 atom stereocenters. The summed E-state index contributed by atoms with van der Waals surface area (Å²) in [6, 6.07) is 17.3. The number of hydrogen-bond acceptors (Lipinski definition) is 3. The third-order valence-corrected chi connectivity index (χ3v) is 3.80. The molecule has 0 bridgehead atoms. The quantitative estimate of drug-likeness (QED) is 0.902. The van der Waals surface area contributed by atoms with E-state index in [0.717, 1.165) is 16.6 Å². The second kappa shape index (κ2) is 7.37. The van der Waals surface area contributed by atoms with Crippen molar-refractivity contribution < 1.29 is 5.11 Å². The first-order valence-electron chi connectivity index (χ1n) is 6.69. The maximum Gasteiger partial charge on any atom is 0.0991 e. The normalized spacial score (nSPS) is 12.1. The Hall–Kier alpha value is -1.67. The molecule has 1 unspecified atom stereocenters. The van der Waals surface area contributed by atoms with Crippen molar-refractivity contribution in [2.45, 2.75) is 12.6 Å². The maximum absolute atomic E-state index is 10.2. The average molecular weight is 345 g/mol. The molecule has 0 aliphatic carbocycles. The molecule has 0 saturated heterocycles. The molecule has 0 spiro atoms. The van der Waals surface area contributed by atoms with Gasteiger partial charge in [-0.3, -0.25) is 4.90 Å². The van der Waals surface area contributed by atoms with Crippen LogP contribution in [0.4, 0.5) is 0 Å². The van der Waals surface area contributed by atoms with Crippen LogP contribution in [0.1, 0.15) is 22.8 Å². The molecule has 0 fully saturated rings. The first-order chi connectivity index (χ1) is 10.1. The summed E-state index contributed by atoms with van der Waals surface area (Å²) in [5.41, 5.74) is 2.64. The molecule has 0 aliphatic rings. The van der Waals surface area contributed by atoms with Crippen LogP contribution >= 0.6 is 15.9 Å². The molecular weight excluding hydrogens is 328 g/mol. The van der Waals surface area contributed by atoms with Crippen molar-refractivity contribution in [3.05, 3.63) is 69.7 Å². The van der Waals surface area contributed by atoms with Gasteiger partial charge in [0.25, 0.3) is 0 Å². The first kappa shape index (κ1) is 15.7. The van der Waals surface area contributed by atoms with E-state index in [2.05, 4.69) is 39.0 Å². The first-order valence-corrected chi connectivity index (χ1v) is 7.49. The summed E-state index contributed by atoms with van der Waals surface area (Å²) in [6.07, 6.45) is -0.557. The minimum Gasteiger partial charge on any atom is -0.387 e. The Morgan fingerprint density at radius 1 is 1.14 bits per heavy atom. The van der Waals surface area contributed by atoms with Gasteiger partial charge in [-0.1, -0.05) is 40.2 Å². The van der Waals surface area contributed by atoms with Crippen LogP contribution < -0.4 is 0 Å². The molecule has 0 heterocycles. The zero-order valence-corrected chi connectivity index (χ0v) is 13.4. The number of aliphatic hydroxyl groups is 1. The monoisotopic (exact) mass is 344 g/mol. The third kappa shape index (κ3) is 4.68. The number of hydrogen-bond donors (Lipinski definition) is 1. The van der Waals surface area contributed by atoms with Crippen molar-refractivity contribution in [3.63, 3.8) is 0 Å². The number of likely N-dealkylation sites (N-methyl/N-ethyl adjacent to an activating group) is 1. The van der Waals surface area contributed by atoms with Crippen LogP contribution in [0.25, 0.3) is 0 Å². The van der Waals surface area contributed by atoms with Crippen LogP contribution in [-0.4, -0.2) is 23.6 Å². The topological polar surface area (TPSA) is 47.3 Å². The Kier molecular flexibility index (Phi) is 5.51. The van der Waals surface area contributed by atoms with Gasteiger partial charge in [-0.2, -0.15) is 5.26 Å². The van der Waals surface area contributed by atoms with Crippen LogP contribution in [0.15, 0.2) is 53.0 Å². The van der Waals surface area contributed by atoms with Gasteiger partial charge in [0.1, 0.15) is 0 Å². The highest BCUT2D eigenvalue weighted by Crippen LogP contribution is 2.16. The molecule has 108 valence electrons. The van der Waals surface area contributed by atoms with Crippen molar-refractivity contribution in [2.24, 2.45) is 0 Å². The molecule has 2 aromatic rings. The number of rotatable bonds is 5. The molecule has 0 aliphatic heterocycles. The number of halogens is 1. The Labute approximate surface area is 133 Å². The highest BCUT2D eigenvalue weighted by Gasteiger charge is 2.11. The van der Waals surface area contributed by atoms with Gasteiger partial charge in [0, 0.05) is 17.6 Å². The van der Waals surface area contributed by atoms with Crippen molar-refractivity contribution in [1.82, 2.24) is 4.90 Å². The van der Waals surface area contributed by atoms with Crippen LogP contribution in [-0.2, 0) is 6.54 Å². The smallest absolute Gasteiger partial charge is 0.0991 e. The fourth-order valence-electron chi connectivity index (χ4n) is 2.15. The molecule has 2 rings (SSSR count). The molecule has 0 aromatic heterocycles. The lowest BCUT2D eigenvalue weighted by atomic mass is 10.1. The van der Waals surface area contributed by atoms with Gasteiger partial charge in [0.05, 0.1) is 17.7 Å². The van der Waals surface area contributed by atoms with Crippen LogP contribution in [0.2, 0.25) is 0 Å². The lowest BCUT2D eigenvalue weighted by Gasteiger charge is -2.21. The molecule has 4 heteroatoms. The summed E-state index contributed by atoms with van der Waals surface area (Å²) < 4.78 is 1.06. The Bertz CT molecular complexity index is 617. The minimum atomic E-state index is -0.557. The van der Waals surface area contributed by atoms with Gasteiger partial charge < -0.3 is 5.11 Å². The standard InChI is InChI=1S/C17H17BrN2O/c1-20(11-14-4-8-16(18)9-5-14)12-17(21)15-6-2-13(10-19)3-7-15/h2-9,17,21H,11-12H2,1H3. The molecule has 2 aromatic carbocycles. The van der Waals surface area contributed by atoms with Gasteiger partial charge in [0.2, 0.25) is 0 Å². The van der Waals surface area contributed by atoms with E-state index in [-0.39, 0.29) is 0 Å². The van der Waals surface area contributed by atoms with E-state index in [1.165, 1.54) is 5.56 Å². The van der Waals surface area contributed by atoms with E-state index in [9.17, 15) is 5.11 Å². The van der Waals surface area contributed by atoms with Crippen molar-refractivity contribution in [1.29, 1.82) is 5.26 Å². The summed E-state index contributed by atoms with van der Waals surface area (Å²) in [6.45, 7) is 1.32. The zero-order valence-electron chi connectivity index (χ0n) is 11.8.